The lowest BCUT2D eigenvalue weighted by Gasteiger charge is -2.26. The van der Waals surface area contributed by atoms with Crippen molar-refractivity contribution < 1.29 is 38.7 Å². The largest absolute Gasteiger partial charge is 0.507 e. The van der Waals surface area contributed by atoms with Gasteiger partial charge in [-0.2, -0.15) is 0 Å². The zero-order chi connectivity index (χ0) is 27.1. The number of hydrogen-bond acceptors (Lipinski definition) is 9. The van der Waals surface area contributed by atoms with Gasteiger partial charge in [-0.05, 0) is 48.4 Å². The Morgan fingerprint density at radius 2 is 1.79 bits per heavy atom. The first-order valence-corrected chi connectivity index (χ1v) is 11.7. The molecule has 1 aromatic heterocycles. The number of aromatic hydroxyl groups is 3. The van der Waals surface area contributed by atoms with E-state index in [2.05, 4.69) is 6.58 Å². The van der Waals surface area contributed by atoms with Crippen LogP contribution in [-0.4, -0.2) is 35.0 Å². The molecule has 0 saturated carbocycles. The Kier molecular flexibility index (Phi) is 6.20. The van der Waals surface area contributed by atoms with E-state index in [1.54, 1.807) is 18.2 Å². The molecular formula is C29H24O9. The number of ether oxygens (including phenoxy) is 3. The van der Waals surface area contributed by atoms with Gasteiger partial charge in [0.25, 0.3) is 0 Å². The van der Waals surface area contributed by atoms with E-state index < -0.39 is 28.8 Å². The third-order valence-electron chi connectivity index (χ3n) is 6.25. The fraction of sp³-hybridized carbons (Fsp3) is 0.172. The van der Waals surface area contributed by atoms with Crippen LogP contribution in [0.2, 0.25) is 0 Å². The second-order valence-electron chi connectivity index (χ2n) is 9.08. The van der Waals surface area contributed by atoms with Crippen molar-refractivity contribution in [3.63, 3.8) is 0 Å². The molecule has 3 N–H and O–H groups in total. The molecule has 194 valence electrons. The molecule has 0 amide bonds. The second-order valence-corrected chi connectivity index (χ2v) is 9.08. The molecule has 0 fully saturated rings. The van der Waals surface area contributed by atoms with Crippen molar-refractivity contribution in [2.24, 2.45) is 0 Å². The maximum Gasteiger partial charge on any atom is 0.312 e. The van der Waals surface area contributed by atoms with Crippen LogP contribution in [-0.2, 0) is 4.79 Å². The Bertz CT molecular complexity index is 1670. The van der Waals surface area contributed by atoms with E-state index in [4.69, 9.17) is 18.6 Å². The van der Waals surface area contributed by atoms with Crippen molar-refractivity contribution in [3.8, 4) is 45.8 Å². The molecule has 5 rings (SSSR count). The number of phenolic OH excluding ortho intramolecular Hbond substituents is 3. The van der Waals surface area contributed by atoms with Gasteiger partial charge in [-0.25, -0.2) is 0 Å². The van der Waals surface area contributed by atoms with Crippen molar-refractivity contribution in [1.82, 2.24) is 0 Å². The third kappa shape index (κ3) is 4.39. The van der Waals surface area contributed by atoms with Gasteiger partial charge >= 0.3 is 5.97 Å². The van der Waals surface area contributed by atoms with Gasteiger partial charge in [-0.3, -0.25) is 9.59 Å². The van der Waals surface area contributed by atoms with Crippen molar-refractivity contribution in [3.05, 3.63) is 82.0 Å². The third-order valence-corrected chi connectivity index (χ3v) is 6.25. The number of benzene rings is 3. The van der Waals surface area contributed by atoms with Gasteiger partial charge in [-0.15, -0.1) is 0 Å². The summed E-state index contributed by atoms with van der Waals surface area (Å²) in [5.74, 6) is -1.18. The maximum atomic E-state index is 13.1. The summed E-state index contributed by atoms with van der Waals surface area (Å²) in [5, 5.41) is 30.2. The van der Waals surface area contributed by atoms with Crippen LogP contribution in [0.3, 0.4) is 0 Å². The molecule has 0 radical (unpaired) electrons. The lowest BCUT2D eigenvalue weighted by Crippen LogP contribution is -2.22. The number of methoxy groups -OCH3 is 1. The van der Waals surface area contributed by atoms with E-state index in [0.717, 1.165) is 5.57 Å². The van der Waals surface area contributed by atoms with Gasteiger partial charge < -0.3 is 33.9 Å². The van der Waals surface area contributed by atoms with Gasteiger partial charge in [0, 0.05) is 29.2 Å². The molecular weight excluding hydrogens is 492 g/mol. The van der Waals surface area contributed by atoms with Gasteiger partial charge in [0.15, 0.2) is 28.4 Å². The zero-order valence-electron chi connectivity index (χ0n) is 20.6. The summed E-state index contributed by atoms with van der Waals surface area (Å²) in [6.07, 6.45) is -0.0624. The number of esters is 1. The quantitative estimate of drug-likeness (QED) is 0.140. The number of carbonyl (C=O) groups is 1. The number of hydrogen-bond donors (Lipinski definition) is 3. The molecule has 9 nitrogen and oxygen atoms in total. The summed E-state index contributed by atoms with van der Waals surface area (Å²) in [6, 6.07) is 11.6. The summed E-state index contributed by atoms with van der Waals surface area (Å²) in [5.41, 5.74) is 1.69. The lowest BCUT2D eigenvalue weighted by molar-refractivity contribution is -0.135. The molecule has 0 spiro atoms. The lowest BCUT2D eigenvalue weighted by atomic mass is 9.85. The van der Waals surface area contributed by atoms with E-state index >= 15 is 0 Å². The molecule has 1 aliphatic rings. The minimum Gasteiger partial charge on any atom is -0.507 e. The van der Waals surface area contributed by atoms with Crippen molar-refractivity contribution in [2.75, 3.05) is 13.7 Å². The summed E-state index contributed by atoms with van der Waals surface area (Å²) in [7, 11) is 1.52. The molecule has 0 aliphatic carbocycles. The molecule has 1 atom stereocenters. The Morgan fingerprint density at radius 3 is 2.50 bits per heavy atom. The average Bonchev–Trinajstić information content (AvgIpc) is 2.87. The first kappa shape index (κ1) is 24.8. The Hall–Kier alpha value is -4.92. The maximum absolute atomic E-state index is 13.1. The molecule has 2 heterocycles. The predicted octanol–water partition coefficient (Wildman–Crippen LogP) is 4.98. The van der Waals surface area contributed by atoms with Crippen LogP contribution in [0.5, 0.6) is 34.5 Å². The van der Waals surface area contributed by atoms with Crippen molar-refractivity contribution in [1.29, 1.82) is 0 Å². The van der Waals surface area contributed by atoms with Crippen LogP contribution in [0, 0.1) is 0 Å². The van der Waals surface area contributed by atoms with Crippen LogP contribution in [0.15, 0.2) is 69.9 Å². The highest BCUT2D eigenvalue weighted by atomic mass is 16.5. The minimum atomic E-state index is -0.612. The number of rotatable bonds is 6. The van der Waals surface area contributed by atoms with E-state index in [1.165, 1.54) is 37.4 Å². The molecule has 0 saturated heterocycles. The second kappa shape index (κ2) is 9.51. The normalized spacial score (nSPS) is 14.6. The molecule has 1 aliphatic heterocycles. The van der Waals surface area contributed by atoms with Crippen LogP contribution in [0.25, 0.3) is 22.3 Å². The highest BCUT2D eigenvalue weighted by Gasteiger charge is 2.34. The average molecular weight is 517 g/mol. The Labute approximate surface area is 216 Å². The smallest absolute Gasteiger partial charge is 0.312 e. The minimum absolute atomic E-state index is 0.0350. The summed E-state index contributed by atoms with van der Waals surface area (Å²) in [4.78, 5) is 25.7. The molecule has 4 aromatic rings. The first-order chi connectivity index (χ1) is 18.2. The summed E-state index contributed by atoms with van der Waals surface area (Å²) >= 11 is 0. The van der Waals surface area contributed by atoms with Gasteiger partial charge in [0.1, 0.15) is 34.8 Å². The van der Waals surface area contributed by atoms with Gasteiger partial charge in [0.05, 0.1) is 13.5 Å². The van der Waals surface area contributed by atoms with Crippen LogP contribution in [0.4, 0.5) is 0 Å². The van der Waals surface area contributed by atoms with E-state index in [-0.39, 0.29) is 41.3 Å². The molecule has 3 aromatic carbocycles. The molecule has 0 unspecified atom stereocenters. The SMILES string of the molecule is C=C(C)COc1cc([C@@H]2CC(=O)Oc3cc(O)c4c(=O)cc(-c5ccc(O)c(O)c5)oc4c32)ccc1OC. The van der Waals surface area contributed by atoms with Crippen LogP contribution < -0.4 is 19.6 Å². The fourth-order valence-corrected chi connectivity index (χ4v) is 4.49. The van der Waals surface area contributed by atoms with Crippen LogP contribution in [0.1, 0.15) is 30.4 Å². The zero-order valence-corrected chi connectivity index (χ0v) is 20.6. The highest BCUT2D eigenvalue weighted by Crippen LogP contribution is 2.47. The monoisotopic (exact) mass is 516 g/mol. The number of carbonyl (C=O) groups excluding carboxylic acids is 1. The topological polar surface area (TPSA) is 136 Å². The molecule has 0 bridgehead atoms. The Morgan fingerprint density at radius 1 is 1.00 bits per heavy atom. The van der Waals surface area contributed by atoms with E-state index in [1.807, 2.05) is 6.92 Å². The highest BCUT2D eigenvalue weighted by molar-refractivity contribution is 5.93. The van der Waals surface area contributed by atoms with E-state index in [0.29, 0.717) is 28.2 Å². The fourth-order valence-electron chi connectivity index (χ4n) is 4.49. The molecule has 38 heavy (non-hydrogen) atoms. The Balaban J connectivity index is 1.74. The van der Waals surface area contributed by atoms with Crippen LogP contribution >= 0.6 is 0 Å². The predicted molar refractivity (Wildman–Crippen MR) is 138 cm³/mol. The van der Waals surface area contributed by atoms with Gasteiger partial charge in [-0.1, -0.05) is 12.6 Å². The van der Waals surface area contributed by atoms with Crippen molar-refractivity contribution in [2.45, 2.75) is 19.3 Å². The summed E-state index contributed by atoms with van der Waals surface area (Å²) in [6.45, 7) is 5.94. The van der Waals surface area contributed by atoms with Crippen molar-refractivity contribution >= 4 is 16.9 Å². The number of phenols is 3. The number of fused-ring (bicyclic) bond motifs is 3. The summed E-state index contributed by atoms with van der Waals surface area (Å²) < 4.78 is 22.9. The standard InChI is InChI=1S/C29H24O9/c1-14(2)13-36-24-9-15(5-7-22(24)35-3)17-10-26(34)37-25-12-21(33)28-20(32)11-23(38-29(28)27(17)25)16-4-6-18(30)19(31)8-16/h4-9,11-12,17,30-31,33H,1,10,13H2,2-3H3/t17-/m0/s1. The first-order valence-electron chi connectivity index (χ1n) is 11.7. The van der Waals surface area contributed by atoms with E-state index in [9.17, 15) is 24.9 Å². The molecule has 9 heteroatoms. The van der Waals surface area contributed by atoms with Gasteiger partial charge in [0.2, 0.25) is 0 Å².